The largest absolute Gasteiger partial charge is 0.356 e. The molecule has 0 spiro atoms. The number of likely N-dealkylation sites (N-methyl/N-ethyl adjacent to an activating group) is 1. The van der Waals surface area contributed by atoms with Crippen molar-refractivity contribution in [2.75, 3.05) is 40.8 Å². The van der Waals surface area contributed by atoms with Crippen LogP contribution < -0.4 is 16.0 Å². The number of nitrogens with one attached hydrogen (secondary N) is 3. The van der Waals surface area contributed by atoms with Gasteiger partial charge in [0.2, 0.25) is 11.8 Å². The number of amides is 3. The van der Waals surface area contributed by atoms with Gasteiger partial charge in [0.05, 0.1) is 27.6 Å². The summed E-state index contributed by atoms with van der Waals surface area (Å²) in [5, 5.41) is 11.8. The Morgan fingerprint density at radius 3 is 2.20 bits per heavy atom. The second kappa shape index (κ2) is 15.9. The van der Waals surface area contributed by atoms with Crippen molar-refractivity contribution < 1.29 is 23.9 Å². The average Bonchev–Trinajstić information content (AvgIpc) is 3.77. The number of fused-ring (bicyclic) bond motifs is 10. The highest BCUT2D eigenvalue weighted by Crippen LogP contribution is 2.53. The second-order valence-corrected chi connectivity index (χ2v) is 13.1. The molecule has 2 unspecified atom stereocenters. The van der Waals surface area contributed by atoms with Crippen LogP contribution >= 0.6 is 0 Å². The molecule has 2 atom stereocenters. The van der Waals surface area contributed by atoms with Crippen molar-refractivity contribution in [3.05, 3.63) is 71.8 Å². The molecule has 51 heavy (non-hydrogen) atoms. The Balaban J connectivity index is 0.000000228. The van der Waals surface area contributed by atoms with Crippen LogP contribution in [0.3, 0.4) is 0 Å². The number of hydrogen-bond donors (Lipinski definition) is 3. The zero-order valence-corrected chi connectivity index (χ0v) is 30.8. The third-order valence-electron chi connectivity index (χ3n) is 9.39. The minimum Gasteiger partial charge on any atom is -0.356 e. The summed E-state index contributed by atoms with van der Waals surface area (Å²) >= 11 is 0. The SMILES string of the molecule is CC.CC(=O)NCCCCNC(=O)/C=C/CN(C)C.CNC(=O)c1c(C=O)c2c3ccccc3n3c2c2c1c1ccccc1n2C1CCC3(C)O1. The first-order valence-corrected chi connectivity index (χ1v) is 17.8. The van der Waals surface area contributed by atoms with Crippen LogP contribution in [0, 0.1) is 0 Å². The van der Waals surface area contributed by atoms with Gasteiger partial charge in [-0.25, -0.2) is 0 Å². The summed E-state index contributed by atoms with van der Waals surface area (Å²) in [6, 6.07) is 16.2. The molecule has 3 amide bonds. The van der Waals surface area contributed by atoms with Gasteiger partial charge in [-0.05, 0) is 58.8 Å². The van der Waals surface area contributed by atoms with Crippen molar-refractivity contribution in [2.45, 2.75) is 65.3 Å². The van der Waals surface area contributed by atoms with Gasteiger partial charge in [-0.3, -0.25) is 19.2 Å². The summed E-state index contributed by atoms with van der Waals surface area (Å²) in [4.78, 5) is 49.7. The molecule has 0 aliphatic carbocycles. The molecule has 11 nitrogen and oxygen atoms in total. The van der Waals surface area contributed by atoms with Gasteiger partial charge in [0.1, 0.15) is 12.0 Å². The number of benzene rings is 3. The van der Waals surface area contributed by atoms with Crippen molar-refractivity contribution in [2.24, 2.45) is 0 Å². The van der Waals surface area contributed by atoms with E-state index in [0.29, 0.717) is 24.2 Å². The fourth-order valence-electron chi connectivity index (χ4n) is 7.32. The predicted octanol–water partition coefficient (Wildman–Crippen LogP) is 6.23. The van der Waals surface area contributed by atoms with Gasteiger partial charge in [0.15, 0.2) is 6.29 Å². The zero-order valence-electron chi connectivity index (χ0n) is 30.8. The van der Waals surface area contributed by atoms with Crippen LogP contribution in [0.1, 0.15) is 80.3 Å². The number of carbonyl (C=O) groups excluding carboxylic acids is 4. The second-order valence-electron chi connectivity index (χ2n) is 13.1. The van der Waals surface area contributed by atoms with Crippen LogP contribution in [-0.2, 0) is 20.1 Å². The minimum atomic E-state index is -0.534. The maximum Gasteiger partial charge on any atom is 0.252 e. The molecule has 3 aromatic carbocycles. The summed E-state index contributed by atoms with van der Waals surface area (Å²) in [6.07, 6.45) is 7.57. The standard InChI is InChI=1S/C26H21N3O3.C12H23N3O2.C2H6/c1-26-12-11-19(32-26)28-17-9-5-3-7-14(17)21-22(25(31)27-2)16(13-30)20-15-8-4-6-10-18(15)29(26)24(20)23(21)28;1-11(16)13-8-4-5-9-14-12(17)7-6-10-15(2)3;1-2/h3-10,13,19H,11-12H2,1-2H3,(H,27,31);6-7H,4-5,8-10H2,1-3H3,(H,13,16)(H,14,17);1-2H3/b;7-6+;. The Hall–Kier alpha value is -5.00. The van der Waals surface area contributed by atoms with Gasteiger partial charge in [-0.15, -0.1) is 0 Å². The molecule has 11 heteroatoms. The van der Waals surface area contributed by atoms with E-state index in [1.807, 2.05) is 75.3 Å². The number of aldehydes is 1. The molecule has 2 aliphatic heterocycles. The molecule has 2 aliphatic rings. The molecule has 0 saturated carbocycles. The van der Waals surface area contributed by atoms with Crippen LogP contribution in [-0.4, -0.2) is 78.8 Å². The highest BCUT2D eigenvalue weighted by molar-refractivity contribution is 6.33. The number of unbranched alkanes of at least 4 members (excludes halogenated alkanes) is 1. The molecule has 2 aromatic heterocycles. The van der Waals surface area contributed by atoms with E-state index >= 15 is 0 Å². The van der Waals surface area contributed by atoms with Gasteiger partial charge < -0.3 is 34.7 Å². The third-order valence-corrected chi connectivity index (χ3v) is 9.39. The van der Waals surface area contributed by atoms with E-state index in [9.17, 15) is 19.2 Å². The number of hydrogen-bond acceptors (Lipinski definition) is 6. The van der Waals surface area contributed by atoms with Gasteiger partial charge in [0, 0.05) is 66.8 Å². The van der Waals surface area contributed by atoms with E-state index in [-0.39, 0.29) is 23.9 Å². The fourth-order valence-corrected chi connectivity index (χ4v) is 7.32. The summed E-state index contributed by atoms with van der Waals surface area (Å²) in [7, 11) is 5.51. The molecule has 2 bridgehead atoms. The summed E-state index contributed by atoms with van der Waals surface area (Å²) < 4.78 is 11.3. The van der Waals surface area contributed by atoms with Gasteiger partial charge in [0.25, 0.3) is 5.91 Å². The van der Waals surface area contributed by atoms with Crippen LogP contribution in [0.4, 0.5) is 0 Å². The number of nitrogens with zero attached hydrogens (tertiary/aromatic N) is 3. The van der Waals surface area contributed by atoms with Crippen molar-refractivity contribution in [3.63, 3.8) is 0 Å². The number of carbonyl (C=O) groups is 4. The lowest BCUT2D eigenvalue weighted by molar-refractivity contribution is -0.119. The molecule has 1 fully saturated rings. The lowest BCUT2D eigenvalue weighted by Crippen LogP contribution is -2.28. The van der Waals surface area contributed by atoms with Gasteiger partial charge in [-0.1, -0.05) is 56.3 Å². The Labute approximate surface area is 299 Å². The lowest BCUT2D eigenvalue weighted by Gasteiger charge is -2.27. The summed E-state index contributed by atoms with van der Waals surface area (Å²) in [6.45, 7) is 9.70. The van der Waals surface area contributed by atoms with Crippen LogP contribution in [0.2, 0.25) is 0 Å². The van der Waals surface area contributed by atoms with Crippen LogP contribution in [0.15, 0.2) is 60.7 Å². The zero-order chi connectivity index (χ0) is 36.9. The van der Waals surface area contributed by atoms with Crippen LogP contribution in [0.25, 0.3) is 43.6 Å². The molecule has 270 valence electrons. The first-order chi connectivity index (χ1) is 24.6. The van der Waals surface area contributed by atoms with Crippen molar-refractivity contribution in [3.8, 4) is 0 Å². The minimum absolute atomic E-state index is 0.0133. The van der Waals surface area contributed by atoms with E-state index in [0.717, 1.165) is 82.1 Å². The number of ether oxygens (including phenoxy) is 1. The Bertz CT molecular complexity index is 2130. The fraction of sp³-hybridized carbons (Fsp3) is 0.400. The molecule has 0 radical (unpaired) electrons. The molecular weight excluding hydrogens is 644 g/mol. The highest BCUT2D eigenvalue weighted by Gasteiger charge is 2.45. The molecular formula is C40H50N6O5. The average molecular weight is 695 g/mol. The first-order valence-electron chi connectivity index (χ1n) is 17.8. The maximum atomic E-state index is 13.3. The van der Waals surface area contributed by atoms with E-state index in [2.05, 4.69) is 44.1 Å². The Morgan fingerprint density at radius 1 is 0.941 bits per heavy atom. The highest BCUT2D eigenvalue weighted by atomic mass is 16.5. The maximum absolute atomic E-state index is 13.3. The molecule has 1 saturated heterocycles. The van der Waals surface area contributed by atoms with Gasteiger partial charge >= 0.3 is 0 Å². The molecule has 4 heterocycles. The van der Waals surface area contributed by atoms with E-state index in [4.69, 9.17) is 4.74 Å². The topological polar surface area (TPSA) is 127 Å². The van der Waals surface area contributed by atoms with Gasteiger partial charge in [-0.2, -0.15) is 0 Å². The van der Waals surface area contributed by atoms with Crippen LogP contribution in [0.5, 0.6) is 0 Å². The quantitative estimate of drug-likeness (QED) is 0.0904. The van der Waals surface area contributed by atoms with Crippen molar-refractivity contribution >= 4 is 67.6 Å². The predicted molar refractivity (Wildman–Crippen MR) is 204 cm³/mol. The molecule has 5 aromatic rings. The Morgan fingerprint density at radius 2 is 1.57 bits per heavy atom. The normalized spacial score (nSPS) is 17.4. The summed E-state index contributed by atoms with van der Waals surface area (Å²) in [5.74, 6) is -0.331. The summed E-state index contributed by atoms with van der Waals surface area (Å²) in [5.41, 5.74) is 4.31. The monoisotopic (exact) mass is 694 g/mol. The Kier molecular flexibility index (Phi) is 11.6. The first kappa shape index (κ1) is 37.3. The number of rotatable bonds is 10. The van der Waals surface area contributed by atoms with E-state index in [1.54, 1.807) is 13.1 Å². The molecule has 7 rings (SSSR count). The van der Waals surface area contributed by atoms with Crippen molar-refractivity contribution in [1.29, 1.82) is 0 Å². The third kappa shape index (κ3) is 7.00. The van der Waals surface area contributed by atoms with Crippen molar-refractivity contribution in [1.82, 2.24) is 30.0 Å². The number of para-hydroxylation sites is 2. The smallest absolute Gasteiger partial charge is 0.252 e. The van der Waals surface area contributed by atoms with E-state index in [1.165, 1.54) is 6.92 Å². The van der Waals surface area contributed by atoms with E-state index < -0.39 is 5.72 Å². The number of aromatic nitrogens is 2. The lowest BCUT2D eigenvalue weighted by atomic mass is 9.95. The molecule has 3 N–H and O–H groups in total.